The van der Waals surface area contributed by atoms with Crippen molar-refractivity contribution in [2.75, 3.05) is 19.6 Å². The van der Waals surface area contributed by atoms with Gasteiger partial charge < -0.3 is 10.2 Å². The second-order valence-corrected chi connectivity index (χ2v) is 6.52. The van der Waals surface area contributed by atoms with E-state index in [4.69, 9.17) is 0 Å². The van der Waals surface area contributed by atoms with Gasteiger partial charge in [-0.1, -0.05) is 12.1 Å². The van der Waals surface area contributed by atoms with Crippen LogP contribution in [0, 0.1) is 29.3 Å². The lowest BCUT2D eigenvalue weighted by Gasteiger charge is -2.28. The smallest absolute Gasteiger partial charge is 0.276 e. The van der Waals surface area contributed by atoms with Crippen molar-refractivity contribution in [1.82, 2.24) is 15.2 Å². The Morgan fingerprint density at radius 2 is 1.96 bits per heavy atom. The van der Waals surface area contributed by atoms with E-state index in [-0.39, 0.29) is 36.1 Å². The standard InChI is InChI=1S/C18H16F3N3O.ClH/c19-12-3-1-2-10(4-12)17-14-8-22-6-11(14)9-24(17)18(25)16-15(21)5-13(20)7-23-16;/h1-5,7,11,14,17,22H,6,8-9H2;1H/t11-,14-,17-;/m0./s1. The number of fused-ring (bicyclic) bond motifs is 1. The lowest BCUT2D eigenvalue weighted by atomic mass is 9.89. The van der Waals surface area contributed by atoms with Crippen molar-refractivity contribution < 1.29 is 18.0 Å². The summed E-state index contributed by atoms with van der Waals surface area (Å²) < 4.78 is 40.8. The number of amides is 1. The number of nitrogens with zero attached hydrogens (tertiary/aromatic N) is 2. The molecule has 2 aliphatic heterocycles. The van der Waals surface area contributed by atoms with Crippen LogP contribution in [-0.4, -0.2) is 35.4 Å². The molecule has 3 atom stereocenters. The van der Waals surface area contributed by atoms with Gasteiger partial charge in [-0.15, -0.1) is 12.4 Å². The molecule has 3 heterocycles. The van der Waals surface area contributed by atoms with Crippen LogP contribution in [0.2, 0.25) is 0 Å². The Kier molecular flexibility index (Phi) is 5.20. The zero-order chi connectivity index (χ0) is 17.6. The van der Waals surface area contributed by atoms with Gasteiger partial charge in [0, 0.05) is 31.6 Å². The van der Waals surface area contributed by atoms with E-state index in [1.807, 2.05) is 0 Å². The van der Waals surface area contributed by atoms with Crippen LogP contribution in [0.3, 0.4) is 0 Å². The highest BCUT2D eigenvalue weighted by molar-refractivity contribution is 5.93. The Morgan fingerprint density at radius 1 is 1.15 bits per heavy atom. The fourth-order valence-corrected chi connectivity index (χ4v) is 3.96. The molecule has 0 unspecified atom stereocenters. The molecule has 1 N–H and O–H groups in total. The van der Waals surface area contributed by atoms with Crippen molar-refractivity contribution in [2.45, 2.75) is 6.04 Å². The second-order valence-electron chi connectivity index (χ2n) is 6.52. The normalized spacial score (nSPS) is 24.3. The summed E-state index contributed by atoms with van der Waals surface area (Å²) >= 11 is 0. The number of likely N-dealkylation sites (tertiary alicyclic amines) is 1. The summed E-state index contributed by atoms with van der Waals surface area (Å²) in [7, 11) is 0. The number of carbonyl (C=O) groups excluding carboxylic acids is 1. The number of pyridine rings is 1. The summed E-state index contributed by atoms with van der Waals surface area (Å²) in [5.74, 6) is -2.47. The fourth-order valence-electron chi connectivity index (χ4n) is 3.96. The minimum absolute atomic E-state index is 0. The molecule has 0 bridgehead atoms. The number of benzene rings is 1. The maximum absolute atomic E-state index is 14.0. The van der Waals surface area contributed by atoms with Crippen molar-refractivity contribution in [1.29, 1.82) is 0 Å². The summed E-state index contributed by atoms with van der Waals surface area (Å²) in [6.45, 7) is 1.88. The van der Waals surface area contributed by atoms with Gasteiger partial charge in [-0.05, 0) is 23.6 Å². The Hall–Kier alpha value is -2.12. The van der Waals surface area contributed by atoms with E-state index in [2.05, 4.69) is 10.3 Å². The Balaban J connectivity index is 0.00000196. The molecule has 8 heteroatoms. The zero-order valence-corrected chi connectivity index (χ0v) is 14.5. The van der Waals surface area contributed by atoms with Crippen molar-refractivity contribution in [2.24, 2.45) is 11.8 Å². The SMILES string of the molecule is Cl.O=C(c1ncc(F)cc1F)N1C[C@@H]2CNC[C@@H]2[C@@H]1c1cccc(F)c1. The van der Waals surface area contributed by atoms with Gasteiger partial charge in [0.25, 0.3) is 5.91 Å². The fraction of sp³-hybridized carbons (Fsp3) is 0.333. The van der Waals surface area contributed by atoms with Crippen LogP contribution in [0.4, 0.5) is 13.2 Å². The molecule has 0 aliphatic carbocycles. The highest BCUT2D eigenvalue weighted by atomic mass is 35.5. The number of hydrogen-bond donors (Lipinski definition) is 1. The summed E-state index contributed by atoms with van der Waals surface area (Å²) in [5.41, 5.74) is 0.266. The van der Waals surface area contributed by atoms with Crippen molar-refractivity contribution in [3.8, 4) is 0 Å². The third kappa shape index (κ3) is 3.17. The summed E-state index contributed by atoms with van der Waals surface area (Å²) in [6.07, 6.45) is 0.825. The quantitative estimate of drug-likeness (QED) is 0.867. The molecule has 2 aliphatic rings. The summed E-state index contributed by atoms with van der Waals surface area (Å²) in [4.78, 5) is 18.0. The molecule has 4 rings (SSSR count). The average molecular weight is 384 g/mol. The van der Waals surface area contributed by atoms with E-state index in [9.17, 15) is 18.0 Å². The predicted octanol–water partition coefficient (Wildman–Crippen LogP) is 2.95. The van der Waals surface area contributed by atoms with Gasteiger partial charge in [-0.2, -0.15) is 0 Å². The number of rotatable bonds is 2. The first-order valence-corrected chi connectivity index (χ1v) is 8.13. The minimum Gasteiger partial charge on any atom is -0.329 e. The van der Waals surface area contributed by atoms with E-state index in [0.29, 0.717) is 24.7 Å². The first-order valence-electron chi connectivity index (χ1n) is 8.13. The molecule has 0 radical (unpaired) electrons. The molecular formula is C18H17ClF3N3O. The number of halogens is 4. The van der Waals surface area contributed by atoms with E-state index in [1.165, 1.54) is 17.0 Å². The van der Waals surface area contributed by atoms with Gasteiger partial charge in [0.2, 0.25) is 0 Å². The first-order chi connectivity index (χ1) is 12.0. The Bertz CT molecular complexity index is 835. The van der Waals surface area contributed by atoms with Crippen LogP contribution < -0.4 is 5.32 Å². The third-order valence-electron chi connectivity index (χ3n) is 5.03. The van der Waals surface area contributed by atoms with Crippen LogP contribution in [0.25, 0.3) is 0 Å². The lowest BCUT2D eigenvalue weighted by Crippen LogP contribution is -2.35. The highest BCUT2D eigenvalue weighted by Gasteiger charge is 2.47. The molecule has 26 heavy (non-hydrogen) atoms. The molecule has 2 saturated heterocycles. The summed E-state index contributed by atoms with van der Waals surface area (Å²) in [5, 5.41) is 3.29. The van der Waals surface area contributed by atoms with E-state index < -0.39 is 23.2 Å². The molecule has 2 aromatic rings. The average Bonchev–Trinajstić information content (AvgIpc) is 3.14. The Labute approximate surface area is 154 Å². The van der Waals surface area contributed by atoms with Crippen LogP contribution in [0.1, 0.15) is 22.1 Å². The van der Waals surface area contributed by atoms with E-state index in [1.54, 1.807) is 12.1 Å². The predicted molar refractivity (Wildman–Crippen MR) is 91.4 cm³/mol. The van der Waals surface area contributed by atoms with Gasteiger partial charge in [-0.25, -0.2) is 18.2 Å². The second kappa shape index (κ2) is 7.25. The van der Waals surface area contributed by atoms with Gasteiger partial charge in [0.15, 0.2) is 11.5 Å². The van der Waals surface area contributed by atoms with Crippen molar-refractivity contribution in [3.63, 3.8) is 0 Å². The molecule has 138 valence electrons. The largest absolute Gasteiger partial charge is 0.329 e. The number of nitrogens with one attached hydrogen (secondary N) is 1. The molecule has 1 aromatic carbocycles. The Morgan fingerprint density at radius 3 is 2.69 bits per heavy atom. The van der Waals surface area contributed by atoms with Crippen LogP contribution in [0.5, 0.6) is 0 Å². The molecule has 4 nitrogen and oxygen atoms in total. The van der Waals surface area contributed by atoms with Crippen LogP contribution >= 0.6 is 12.4 Å². The maximum Gasteiger partial charge on any atom is 0.276 e. The van der Waals surface area contributed by atoms with E-state index in [0.717, 1.165) is 12.7 Å². The number of hydrogen-bond acceptors (Lipinski definition) is 3. The van der Waals surface area contributed by atoms with Crippen LogP contribution in [-0.2, 0) is 0 Å². The lowest BCUT2D eigenvalue weighted by molar-refractivity contribution is 0.0702. The maximum atomic E-state index is 14.0. The highest BCUT2D eigenvalue weighted by Crippen LogP contribution is 2.43. The molecular weight excluding hydrogens is 367 g/mol. The minimum atomic E-state index is -0.988. The molecule has 0 saturated carbocycles. The van der Waals surface area contributed by atoms with Gasteiger partial charge in [0.1, 0.15) is 11.6 Å². The monoisotopic (exact) mass is 383 g/mol. The number of aromatic nitrogens is 1. The van der Waals surface area contributed by atoms with Gasteiger partial charge in [0.05, 0.1) is 12.2 Å². The van der Waals surface area contributed by atoms with Crippen LogP contribution in [0.15, 0.2) is 36.5 Å². The number of carbonyl (C=O) groups is 1. The molecule has 1 aromatic heterocycles. The third-order valence-corrected chi connectivity index (χ3v) is 5.03. The molecule has 2 fully saturated rings. The van der Waals surface area contributed by atoms with Gasteiger partial charge >= 0.3 is 0 Å². The topological polar surface area (TPSA) is 45.2 Å². The summed E-state index contributed by atoms with van der Waals surface area (Å²) in [6, 6.07) is 6.39. The van der Waals surface area contributed by atoms with E-state index >= 15 is 0 Å². The zero-order valence-electron chi connectivity index (χ0n) is 13.7. The molecule has 0 spiro atoms. The first kappa shape index (κ1) is 18.7. The van der Waals surface area contributed by atoms with Crippen molar-refractivity contribution in [3.05, 3.63) is 65.2 Å². The van der Waals surface area contributed by atoms with Crippen molar-refractivity contribution >= 4 is 18.3 Å². The molecule has 1 amide bonds. The van der Waals surface area contributed by atoms with Gasteiger partial charge in [-0.3, -0.25) is 4.79 Å².